The fourth-order valence-electron chi connectivity index (χ4n) is 2.25. The predicted molar refractivity (Wildman–Crippen MR) is 76.7 cm³/mol. The first-order chi connectivity index (χ1) is 8.22. The zero-order valence-electron chi connectivity index (χ0n) is 10.5. The Balaban J connectivity index is 2.13. The lowest BCUT2D eigenvalue weighted by atomic mass is 9.97. The molecule has 1 fully saturated rings. The van der Waals surface area contributed by atoms with Crippen LogP contribution in [0.15, 0.2) is 10.5 Å². The summed E-state index contributed by atoms with van der Waals surface area (Å²) >= 11 is 5.51. The van der Waals surface area contributed by atoms with Gasteiger partial charge in [-0.25, -0.2) is 0 Å². The Morgan fingerprint density at radius 1 is 1.65 bits per heavy atom. The molecule has 0 radical (unpaired) electrons. The summed E-state index contributed by atoms with van der Waals surface area (Å²) in [6.45, 7) is 7.28. The molecule has 2 unspecified atom stereocenters. The molecule has 17 heavy (non-hydrogen) atoms. The highest BCUT2D eigenvalue weighted by Crippen LogP contribution is 2.36. The van der Waals surface area contributed by atoms with Crippen molar-refractivity contribution < 1.29 is 4.74 Å². The molecule has 1 aromatic rings. The van der Waals surface area contributed by atoms with Gasteiger partial charge in [0.2, 0.25) is 0 Å². The summed E-state index contributed by atoms with van der Waals surface area (Å²) in [5, 5.41) is 3.68. The summed E-state index contributed by atoms with van der Waals surface area (Å²) in [5.74, 6) is 0.631. The second-order valence-corrected chi connectivity index (χ2v) is 6.75. The summed E-state index contributed by atoms with van der Waals surface area (Å²) in [7, 11) is 0. The van der Waals surface area contributed by atoms with E-state index in [1.54, 1.807) is 0 Å². The zero-order chi connectivity index (χ0) is 12.3. The molecule has 0 aliphatic carbocycles. The van der Waals surface area contributed by atoms with Crippen LogP contribution in [0.5, 0.6) is 0 Å². The monoisotopic (exact) mass is 317 g/mol. The second kappa shape index (κ2) is 6.32. The molecule has 1 aromatic heterocycles. The molecule has 0 saturated carbocycles. The maximum Gasteiger partial charge on any atom is 0.0513 e. The first-order valence-corrected chi connectivity index (χ1v) is 7.90. The number of hydrogen-bond acceptors (Lipinski definition) is 3. The molecule has 1 aliphatic rings. The van der Waals surface area contributed by atoms with Gasteiger partial charge < -0.3 is 10.1 Å². The Hall–Kier alpha value is 0.1000. The Labute approximate surface area is 116 Å². The molecular weight excluding hydrogens is 298 g/mol. The maximum absolute atomic E-state index is 5.53. The molecule has 2 nitrogen and oxygen atoms in total. The third-order valence-electron chi connectivity index (χ3n) is 3.23. The molecule has 1 saturated heterocycles. The molecule has 0 bridgehead atoms. The van der Waals surface area contributed by atoms with E-state index in [1.807, 2.05) is 11.3 Å². The molecule has 0 aromatic carbocycles. The standard InChI is InChI=1S/C13H20BrNOS/c1-3-5-15-13(10-4-6-16-8-10)12-7-11(14)9(2)17-12/h7,10,13,15H,3-6,8H2,1-2H3. The number of halogens is 1. The van der Waals surface area contributed by atoms with Crippen molar-refractivity contribution in [3.8, 4) is 0 Å². The summed E-state index contributed by atoms with van der Waals surface area (Å²) in [6, 6.07) is 2.73. The average molecular weight is 318 g/mol. The van der Waals surface area contributed by atoms with E-state index >= 15 is 0 Å². The van der Waals surface area contributed by atoms with Gasteiger partial charge in [0.05, 0.1) is 6.61 Å². The summed E-state index contributed by atoms with van der Waals surface area (Å²) < 4.78 is 6.77. The van der Waals surface area contributed by atoms with Crippen LogP contribution in [0.1, 0.15) is 35.6 Å². The van der Waals surface area contributed by atoms with Crippen LogP contribution < -0.4 is 5.32 Å². The van der Waals surface area contributed by atoms with Crippen LogP contribution in [0.3, 0.4) is 0 Å². The van der Waals surface area contributed by atoms with E-state index in [0.29, 0.717) is 12.0 Å². The normalized spacial score (nSPS) is 21.9. The Kier molecular flexibility index (Phi) is 5.03. The van der Waals surface area contributed by atoms with Crippen molar-refractivity contribution in [1.82, 2.24) is 5.32 Å². The Morgan fingerprint density at radius 3 is 3.00 bits per heavy atom. The molecule has 1 N–H and O–H groups in total. The van der Waals surface area contributed by atoms with E-state index in [2.05, 4.69) is 41.2 Å². The molecule has 4 heteroatoms. The van der Waals surface area contributed by atoms with E-state index < -0.39 is 0 Å². The van der Waals surface area contributed by atoms with Gasteiger partial charge in [-0.3, -0.25) is 0 Å². The first-order valence-electron chi connectivity index (χ1n) is 6.29. The third kappa shape index (κ3) is 3.31. The molecular formula is C13H20BrNOS. The molecule has 2 atom stereocenters. The largest absolute Gasteiger partial charge is 0.381 e. The van der Waals surface area contributed by atoms with Gasteiger partial charge in [-0.1, -0.05) is 6.92 Å². The van der Waals surface area contributed by atoms with Crippen molar-refractivity contribution in [2.24, 2.45) is 5.92 Å². The Morgan fingerprint density at radius 2 is 2.47 bits per heavy atom. The Bertz CT molecular complexity index is 341. The summed E-state index contributed by atoms with van der Waals surface area (Å²) in [6.07, 6.45) is 2.35. The smallest absolute Gasteiger partial charge is 0.0513 e. The van der Waals surface area contributed by atoms with E-state index in [0.717, 1.165) is 19.8 Å². The topological polar surface area (TPSA) is 21.3 Å². The molecule has 0 amide bonds. The van der Waals surface area contributed by atoms with Gasteiger partial charge in [0.25, 0.3) is 0 Å². The summed E-state index contributed by atoms with van der Waals surface area (Å²) in [4.78, 5) is 2.81. The van der Waals surface area contributed by atoms with Gasteiger partial charge in [-0.15, -0.1) is 11.3 Å². The fourth-order valence-corrected chi connectivity index (χ4v) is 3.98. The lowest BCUT2D eigenvalue weighted by Crippen LogP contribution is -2.28. The zero-order valence-corrected chi connectivity index (χ0v) is 12.9. The van der Waals surface area contributed by atoms with Crippen LogP contribution in [-0.2, 0) is 4.74 Å². The number of hydrogen-bond donors (Lipinski definition) is 1. The highest BCUT2D eigenvalue weighted by molar-refractivity contribution is 9.10. The number of thiophene rings is 1. The van der Waals surface area contributed by atoms with E-state index in [1.165, 1.54) is 27.1 Å². The van der Waals surface area contributed by atoms with Gasteiger partial charge in [-0.05, 0) is 48.3 Å². The minimum Gasteiger partial charge on any atom is -0.381 e. The fraction of sp³-hybridized carbons (Fsp3) is 0.692. The number of nitrogens with one attached hydrogen (secondary N) is 1. The highest BCUT2D eigenvalue weighted by atomic mass is 79.9. The van der Waals surface area contributed by atoms with Gasteiger partial charge in [0.15, 0.2) is 0 Å². The van der Waals surface area contributed by atoms with Gasteiger partial charge >= 0.3 is 0 Å². The van der Waals surface area contributed by atoms with Gasteiger partial charge in [0.1, 0.15) is 0 Å². The quantitative estimate of drug-likeness (QED) is 0.889. The minimum atomic E-state index is 0.465. The van der Waals surface area contributed by atoms with E-state index in [9.17, 15) is 0 Å². The van der Waals surface area contributed by atoms with E-state index in [-0.39, 0.29) is 0 Å². The molecule has 96 valence electrons. The number of aryl methyl sites for hydroxylation is 1. The van der Waals surface area contributed by atoms with Crippen molar-refractivity contribution >= 4 is 27.3 Å². The van der Waals surface area contributed by atoms with Crippen LogP contribution in [0, 0.1) is 12.8 Å². The third-order valence-corrected chi connectivity index (χ3v) is 5.45. The number of rotatable bonds is 5. The SMILES string of the molecule is CCCNC(c1cc(Br)c(C)s1)C1CCOC1. The van der Waals surface area contributed by atoms with Crippen molar-refractivity contribution in [3.63, 3.8) is 0 Å². The van der Waals surface area contributed by atoms with Crippen LogP contribution in [-0.4, -0.2) is 19.8 Å². The van der Waals surface area contributed by atoms with Crippen LogP contribution >= 0.6 is 27.3 Å². The summed E-state index contributed by atoms with van der Waals surface area (Å²) in [5.41, 5.74) is 0. The maximum atomic E-state index is 5.53. The molecule has 1 aliphatic heterocycles. The predicted octanol–water partition coefficient (Wildman–Crippen LogP) is 3.90. The van der Waals surface area contributed by atoms with Gasteiger partial charge in [0, 0.05) is 32.8 Å². The van der Waals surface area contributed by atoms with Crippen molar-refractivity contribution in [2.75, 3.05) is 19.8 Å². The lowest BCUT2D eigenvalue weighted by Gasteiger charge is -2.22. The lowest BCUT2D eigenvalue weighted by molar-refractivity contribution is 0.177. The molecule has 0 spiro atoms. The first kappa shape index (κ1) is 13.5. The average Bonchev–Trinajstić information content (AvgIpc) is 2.92. The highest BCUT2D eigenvalue weighted by Gasteiger charge is 2.28. The van der Waals surface area contributed by atoms with Crippen LogP contribution in [0.2, 0.25) is 0 Å². The second-order valence-electron chi connectivity index (χ2n) is 4.61. The van der Waals surface area contributed by atoms with Gasteiger partial charge in [-0.2, -0.15) is 0 Å². The van der Waals surface area contributed by atoms with Crippen molar-refractivity contribution in [3.05, 3.63) is 20.3 Å². The van der Waals surface area contributed by atoms with Crippen LogP contribution in [0.25, 0.3) is 0 Å². The van der Waals surface area contributed by atoms with E-state index in [4.69, 9.17) is 4.74 Å². The van der Waals surface area contributed by atoms with Crippen molar-refractivity contribution in [1.29, 1.82) is 0 Å². The molecule has 2 heterocycles. The van der Waals surface area contributed by atoms with Crippen LogP contribution in [0.4, 0.5) is 0 Å². The number of ether oxygens (including phenoxy) is 1. The molecule has 2 rings (SSSR count). The minimum absolute atomic E-state index is 0.465. The van der Waals surface area contributed by atoms with Crippen molar-refractivity contribution in [2.45, 2.75) is 32.7 Å².